The molecule has 5 rings (SSSR count). The molecule has 0 radical (unpaired) electrons. The van der Waals surface area contributed by atoms with Crippen LogP contribution in [0.15, 0.2) is 97.1 Å². The zero-order valence-electron chi connectivity index (χ0n) is 26.5. The van der Waals surface area contributed by atoms with Crippen LogP contribution in [0.3, 0.4) is 0 Å². The number of ether oxygens (including phenoxy) is 1. The molecule has 0 amide bonds. The first kappa shape index (κ1) is 33.4. The summed E-state index contributed by atoms with van der Waals surface area (Å²) >= 11 is 0. The Hall–Kier alpha value is -5.96. The number of nitro groups is 1. The van der Waals surface area contributed by atoms with Crippen LogP contribution in [0.25, 0.3) is 21.9 Å². The normalized spacial score (nSPS) is 10.9. The summed E-state index contributed by atoms with van der Waals surface area (Å²) in [5.74, 6) is -3.13. The number of nitrogens with zero attached hydrogens (tertiary/aromatic N) is 1. The van der Waals surface area contributed by atoms with Crippen LogP contribution in [0, 0.1) is 10.1 Å². The zero-order valence-corrected chi connectivity index (χ0v) is 26.5. The Labute approximate surface area is 277 Å². The molecule has 0 bridgehead atoms. The average Bonchev–Trinajstić information content (AvgIpc) is 3.10. The lowest BCUT2D eigenvalue weighted by Gasteiger charge is -2.22. The van der Waals surface area contributed by atoms with Crippen LogP contribution in [-0.4, -0.2) is 40.1 Å². The highest BCUT2D eigenvalue weighted by molar-refractivity contribution is 6.25. The zero-order chi connectivity index (χ0) is 34.4. The van der Waals surface area contributed by atoms with Gasteiger partial charge in [0.05, 0.1) is 22.7 Å². The lowest BCUT2D eigenvalue weighted by Crippen LogP contribution is -2.17. The summed E-state index contributed by atoms with van der Waals surface area (Å²) in [5.41, 5.74) is 0.991. The molecule has 9 heteroatoms. The van der Waals surface area contributed by atoms with Gasteiger partial charge >= 0.3 is 11.9 Å². The van der Waals surface area contributed by atoms with Crippen molar-refractivity contribution in [2.24, 2.45) is 0 Å². The van der Waals surface area contributed by atoms with E-state index in [-0.39, 0.29) is 45.7 Å². The van der Waals surface area contributed by atoms with Gasteiger partial charge in [-0.3, -0.25) is 19.7 Å². The molecule has 48 heavy (non-hydrogen) atoms. The molecule has 0 unspecified atom stereocenters. The van der Waals surface area contributed by atoms with Gasteiger partial charge in [-0.25, -0.2) is 9.59 Å². The number of rotatable bonds is 13. The van der Waals surface area contributed by atoms with Crippen LogP contribution in [-0.2, 0) is 11.2 Å². The topological polar surface area (TPSA) is 141 Å². The number of benzene rings is 5. The molecule has 0 aromatic heterocycles. The van der Waals surface area contributed by atoms with E-state index in [1.54, 1.807) is 67.6 Å². The lowest BCUT2D eigenvalue weighted by molar-refractivity contribution is -0.384. The first-order valence-electron chi connectivity index (χ1n) is 15.7. The van der Waals surface area contributed by atoms with E-state index in [1.807, 2.05) is 6.92 Å². The third-order valence-corrected chi connectivity index (χ3v) is 8.20. The van der Waals surface area contributed by atoms with Gasteiger partial charge in [0.1, 0.15) is 0 Å². The number of aryl methyl sites for hydroxylation is 1. The van der Waals surface area contributed by atoms with Crippen molar-refractivity contribution < 1.29 is 33.9 Å². The molecule has 0 heterocycles. The van der Waals surface area contributed by atoms with Crippen LogP contribution < -0.4 is 0 Å². The summed E-state index contributed by atoms with van der Waals surface area (Å²) in [5, 5.41) is 22.8. The fourth-order valence-electron chi connectivity index (χ4n) is 5.97. The average molecular weight is 644 g/mol. The highest BCUT2D eigenvalue weighted by Crippen LogP contribution is 2.41. The molecule has 242 valence electrons. The first-order chi connectivity index (χ1) is 23.2. The molecule has 0 saturated heterocycles. The molecular formula is C39H33NO8. The summed E-state index contributed by atoms with van der Waals surface area (Å²) in [4.78, 5) is 66.2. The van der Waals surface area contributed by atoms with E-state index in [4.69, 9.17) is 4.74 Å². The van der Waals surface area contributed by atoms with E-state index >= 15 is 0 Å². The van der Waals surface area contributed by atoms with Gasteiger partial charge in [0, 0.05) is 39.9 Å². The molecule has 0 fully saturated rings. The minimum absolute atomic E-state index is 0.00361. The van der Waals surface area contributed by atoms with Crippen molar-refractivity contribution in [3.8, 4) is 11.1 Å². The van der Waals surface area contributed by atoms with Gasteiger partial charge in [-0.05, 0) is 65.9 Å². The molecule has 0 aliphatic heterocycles. The Morgan fingerprint density at radius 1 is 0.729 bits per heavy atom. The molecule has 5 aromatic rings. The van der Waals surface area contributed by atoms with Crippen LogP contribution in [0.2, 0.25) is 0 Å². The second-order valence-corrected chi connectivity index (χ2v) is 11.2. The van der Waals surface area contributed by atoms with Gasteiger partial charge in [0.25, 0.3) is 5.69 Å². The number of carbonyl (C=O) groups excluding carboxylic acids is 3. The van der Waals surface area contributed by atoms with Crippen LogP contribution in [0.1, 0.15) is 91.2 Å². The first-order valence-corrected chi connectivity index (χ1v) is 15.7. The Balaban J connectivity index is 2.00. The van der Waals surface area contributed by atoms with Crippen molar-refractivity contribution >= 4 is 40.0 Å². The smallest absolute Gasteiger partial charge is 0.338 e. The summed E-state index contributed by atoms with van der Waals surface area (Å²) in [7, 11) is 0. The van der Waals surface area contributed by atoms with Gasteiger partial charge in [-0.2, -0.15) is 0 Å². The largest absolute Gasteiger partial charge is 0.478 e. The predicted molar refractivity (Wildman–Crippen MR) is 182 cm³/mol. The van der Waals surface area contributed by atoms with Crippen molar-refractivity contribution in [2.75, 3.05) is 6.61 Å². The van der Waals surface area contributed by atoms with Crippen LogP contribution in [0.4, 0.5) is 5.69 Å². The number of unbranched alkanes of at least 4 members (excludes halogenated alkanes) is 2. The maximum atomic E-state index is 14.4. The quantitative estimate of drug-likeness (QED) is 0.0443. The van der Waals surface area contributed by atoms with Crippen LogP contribution >= 0.6 is 0 Å². The van der Waals surface area contributed by atoms with Crippen molar-refractivity contribution in [3.63, 3.8) is 0 Å². The standard InChI is InChI=1S/C39H33NO8/c1-3-5-8-17-28-29-22-32(39(45)48-4-2)35(37(42)26-15-11-7-12-16-26)33(24-18-20-27(21-19-24)40(46)47)30(29)23-31(38(43)44)34(28)36(41)25-13-9-6-10-14-25/h6-7,9-16,18-23H,3-5,8,17H2,1-2H3,(H,43,44). The van der Waals surface area contributed by atoms with Crippen LogP contribution in [0.5, 0.6) is 0 Å². The van der Waals surface area contributed by atoms with E-state index in [9.17, 15) is 34.4 Å². The fourth-order valence-corrected chi connectivity index (χ4v) is 5.97. The summed E-state index contributed by atoms with van der Waals surface area (Å²) in [6.45, 7) is 3.68. The van der Waals surface area contributed by atoms with Gasteiger partial charge in [-0.1, -0.05) is 80.4 Å². The number of carboxylic acid groups (broad SMARTS) is 1. The Morgan fingerprint density at radius 3 is 1.81 bits per heavy atom. The van der Waals surface area contributed by atoms with Crippen molar-refractivity contribution in [1.29, 1.82) is 0 Å². The van der Waals surface area contributed by atoms with E-state index in [0.29, 0.717) is 40.3 Å². The highest BCUT2D eigenvalue weighted by atomic mass is 16.6. The number of carbonyl (C=O) groups is 4. The van der Waals surface area contributed by atoms with E-state index in [1.165, 1.54) is 36.4 Å². The van der Waals surface area contributed by atoms with Gasteiger partial charge in [-0.15, -0.1) is 0 Å². The fraction of sp³-hybridized carbons (Fsp3) is 0.179. The minimum Gasteiger partial charge on any atom is -0.478 e. The SMILES string of the molecule is CCCCCc1c(C(=O)c2ccccc2)c(C(=O)O)cc2c(-c3ccc([N+](=O)[O-])cc3)c(C(=O)c3ccccc3)c(C(=O)OCC)cc12. The van der Waals surface area contributed by atoms with E-state index in [2.05, 4.69) is 0 Å². The molecule has 0 atom stereocenters. The maximum Gasteiger partial charge on any atom is 0.338 e. The van der Waals surface area contributed by atoms with Crippen molar-refractivity contribution in [3.05, 3.63) is 146 Å². The number of carboxylic acids is 1. The summed E-state index contributed by atoms with van der Waals surface area (Å²) in [6.07, 6.45) is 2.59. The number of aromatic carboxylic acids is 1. The number of fused-ring (bicyclic) bond motifs is 1. The van der Waals surface area contributed by atoms with Gasteiger partial charge in [0.15, 0.2) is 11.6 Å². The Bertz CT molecular complexity index is 2030. The number of nitro benzene ring substituents is 1. The summed E-state index contributed by atoms with van der Waals surface area (Å²) < 4.78 is 5.45. The number of hydrogen-bond acceptors (Lipinski definition) is 7. The molecule has 0 aliphatic rings. The second kappa shape index (κ2) is 14.6. The minimum atomic E-state index is -1.34. The third-order valence-electron chi connectivity index (χ3n) is 8.20. The van der Waals surface area contributed by atoms with E-state index in [0.717, 1.165) is 12.8 Å². The van der Waals surface area contributed by atoms with Gasteiger partial charge in [0.2, 0.25) is 0 Å². The molecule has 0 aliphatic carbocycles. The second-order valence-electron chi connectivity index (χ2n) is 11.2. The maximum absolute atomic E-state index is 14.4. The highest BCUT2D eigenvalue weighted by Gasteiger charge is 2.31. The number of ketones is 2. The number of esters is 1. The molecular weight excluding hydrogens is 610 g/mol. The molecule has 0 spiro atoms. The molecule has 1 N–H and O–H groups in total. The molecule has 9 nitrogen and oxygen atoms in total. The molecule has 0 saturated carbocycles. The lowest BCUT2D eigenvalue weighted by atomic mass is 9.80. The van der Waals surface area contributed by atoms with Crippen molar-refractivity contribution in [2.45, 2.75) is 39.5 Å². The monoisotopic (exact) mass is 643 g/mol. The Morgan fingerprint density at radius 2 is 1.29 bits per heavy atom. The van der Waals surface area contributed by atoms with E-state index < -0.39 is 28.4 Å². The Kier molecular flexibility index (Phi) is 10.2. The molecule has 5 aromatic carbocycles. The third kappa shape index (κ3) is 6.62. The number of non-ortho nitro benzene ring substituents is 1. The van der Waals surface area contributed by atoms with Crippen molar-refractivity contribution in [1.82, 2.24) is 0 Å². The number of hydrogen-bond donors (Lipinski definition) is 1. The predicted octanol–water partition coefficient (Wildman–Crippen LogP) is 8.48. The summed E-state index contributed by atoms with van der Waals surface area (Å²) in [6, 6.07) is 25.0. The van der Waals surface area contributed by atoms with Gasteiger partial charge < -0.3 is 9.84 Å².